The second-order valence-corrected chi connectivity index (χ2v) is 4.42. The molecule has 1 amide bonds. The topological polar surface area (TPSA) is 42.0 Å². The third kappa shape index (κ3) is 3.49. The predicted octanol–water partition coefficient (Wildman–Crippen LogP) is 4.15. The number of amides is 1. The number of hydrogen-bond donors (Lipinski definition) is 1. The van der Waals surface area contributed by atoms with Crippen LogP contribution in [0, 0.1) is 5.95 Å². The Balaban J connectivity index is 2.36. The van der Waals surface area contributed by atoms with Gasteiger partial charge in [-0.3, -0.25) is 4.79 Å². The summed E-state index contributed by atoms with van der Waals surface area (Å²) in [5.74, 6) is -2.11. The van der Waals surface area contributed by atoms with Gasteiger partial charge in [-0.1, -0.05) is 11.6 Å². The second kappa shape index (κ2) is 5.69. The summed E-state index contributed by atoms with van der Waals surface area (Å²) < 4.78 is 51.9. The quantitative estimate of drug-likeness (QED) is 0.668. The fraction of sp³-hybridized carbons (Fsp3) is 0.0769. The highest BCUT2D eigenvalue weighted by atomic mass is 35.5. The van der Waals surface area contributed by atoms with Crippen molar-refractivity contribution in [3.63, 3.8) is 0 Å². The molecule has 0 atom stereocenters. The molecule has 21 heavy (non-hydrogen) atoms. The summed E-state index contributed by atoms with van der Waals surface area (Å²) in [5, 5.41) is 1.87. The maximum Gasteiger partial charge on any atom is 0.418 e. The highest BCUT2D eigenvalue weighted by Gasteiger charge is 2.34. The maximum absolute atomic E-state index is 13.3. The number of aromatic nitrogens is 1. The van der Waals surface area contributed by atoms with Crippen molar-refractivity contribution < 1.29 is 22.4 Å². The highest BCUT2D eigenvalue weighted by Crippen LogP contribution is 2.36. The van der Waals surface area contributed by atoms with Crippen LogP contribution in [-0.2, 0) is 6.18 Å². The Morgan fingerprint density at radius 2 is 1.95 bits per heavy atom. The van der Waals surface area contributed by atoms with Crippen LogP contribution in [0.4, 0.5) is 23.2 Å². The Bertz CT molecular complexity index is 688. The lowest BCUT2D eigenvalue weighted by atomic mass is 10.1. The van der Waals surface area contributed by atoms with E-state index in [4.69, 9.17) is 11.6 Å². The normalized spacial score (nSPS) is 11.3. The van der Waals surface area contributed by atoms with Gasteiger partial charge >= 0.3 is 6.18 Å². The molecule has 0 saturated carbocycles. The number of pyridine rings is 1. The fourth-order valence-electron chi connectivity index (χ4n) is 1.61. The summed E-state index contributed by atoms with van der Waals surface area (Å²) in [4.78, 5) is 15.1. The van der Waals surface area contributed by atoms with E-state index in [0.29, 0.717) is 6.07 Å². The fourth-order valence-corrected chi connectivity index (χ4v) is 1.78. The molecule has 1 N–H and O–H groups in total. The SMILES string of the molecule is O=C(Nc1ccc(Cl)cc1C(F)(F)F)c1cccnc1F. The van der Waals surface area contributed by atoms with Crippen molar-refractivity contribution in [3.8, 4) is 0 Å². The van der Waals surface area contributed by atoms with Gasteiger partial charge in [0.25, 0.3) is 5.91 Å². The molecule has 1 heterocycles. The molecular weight excluding hydrogens is 312 g/mol. The molecule has 0 aliphatic carbocycles. The van der Waals surface area contributed by atoms with Gasteiger partial charge in [0.15, 0.2) is 0 Å². The van der Waals surface area contributed by atoms with E-state index in [0.717, 1.165) is 18.3 Å². The third-order valence-corrected chi connectivity index (χ3v) is 2.77. The van der Waals surface area contributed by atoms with Crippen LogP contribution in [0.15, 0.2) is 36.5 Å². The zero-order valence-corrected chi connectivity index (χ0v) is 11.0. The van der Waals surface area contributed by atoms with Gasteiger partial charge in [-0.2, -0.15) is 17.6 Å². The number of nitrogens with one attached hydrogen (secondary N) is 1. The van der Waals surface area contributed by atoms with Crippen molar-refractivity contribution in [2.45, 2.75) is 6.18 Å². The van der Waals surface area contributed by atoms with E-state index in [1.807, 2.05) is 5.32 Å². The minimum Gasteiger partial charge on any atom is -0.321 e. The summed E-state index contributed by atoms with van der Waals surface area (Å²) >= 11 is 5.52. The molecule has 0 saturated heterocycles. The van der Waals surface area contributed by atoms with Crippen LogP contribution < -0.4 is 5.32 Å². The summed E-state index contributed by atoms with van der Waals surface area (Å²) in [5.41, 5.74) is -2.09. The number of benzene rings is 1. The molecule has 8 heteroatoms. The predicted molar refractivity (Wildman–Crippen MR) is 68.6 cm³/mol. The van der Waals surface area contributed by atoms with Crippen molar-refractivity contribution in [3.05, 3.63) is 58.6 Å². The van der Waals surface area contributed by atoms with E-state index in [9.17, 15) is 22.4 Å². The van der Waals surface area contributed by atoms with E-state index in [1.165, 1.54) is 12.1 Å². The minimum atomic E-state index is -4.71. The van der Waals surface area contributed by atoms with Crippen molar-refractivity contribution in [2.75, 3.05) is 5.32 Å². The van der Waals surface area contributed by atoms with Gasteiger partial charge in [0.1, 0.15) is 0 Å². The smallest absolute Gasteiger partial charge is 0.321 e. The highest BCUT2D eigenvalue weighted by molar-refractivity contribution is 6.30. The summed E-state index contributed by atoms with van der Waals surface area (Å²) in [6.07, 6.45) is -3.59. The molecule has 0 spiro atoms. The van der Waals surface area contributed by atoms with Crippen molar-refractivity contribution in [1.82, 2.24) is 4.98 Å². The summed E-state index contributed by atoms with van der Waals surface area (Å²) in [7, 11) is 0. The number of anilines is 1. The van der Waals surface area contributed by atoms with Gasteiger partial charge in [-0.05, 0) is 30.3 Å². The van der Waals surface area contributed by atoms with Crippen LogP contribution in [0.25, 0.3) is 0 Å². The van der Waals surface area contributed by atoms with E-state index in [2.05, 4.69) is 4.98 Å². The maximum atomic E-state index is 13.3. The average Bonchev–Trinajstić information content (AvgIpc) is 2.40. The number of carbonyl (C=O) groups excluding carboxylic acids is 1. The molecule has 0 fully saturated rings. The van der Waals surface area contributed by atoms with Crippen LogP contribution in [0.1, 0.15) is 15.9 Å². The molecule has 0 unspecified atom stereocenters. The number of alkyl halides is 3. The Morgan fingerprint density at radius 1 is 1.24 bits per heavy atom. The third-order valence-electron chi connectivity index (χ3n) is 2.54. The monoisotopic (exact) mass is 318 g/mol. The lowest BCUT2D eigenvalue weighted by Gasteiger charge is -2.14. The molecule has 0 aliphatic rings. The molecule has 2 aromatic rings. The lowest BCUT2D eigenvalue weighted by molar-refractivity contribution is -0.136. The van der Waals surface area contributed by atoms with Gasteiger partial charge in [-0.15, -0.1) is 0 Å². The Hall–Kier alpha value is -2.15. The van der Waals surface area contributed by atoms with Gasteiger partial charge in [-0.25, -0.2) is 4.98 Å². The van der Waals surface area contributed by atoms with E-state index in [1.54, 1.807) is 0 Å². The molecule has 0 radical (unpaired) electrons. The van der Waals surface area contributed by atoms with Gasteiger partial charge in [0, 0.05) is 11.2 Å². The molecule has 1 aromatic heterocycles. The number of carbonyl (C=O) groups is 1. The Kier molecular flexibility index (Phi) is 4.13. The second-order valence-electron chi connectivity index (χ2n) is 3.98. The van der Waals surface area contributed by atoms with Crippen molar-refractivity contribution in [2.24, 2.45) is 0 Å². The van der Waals surface area contributed by atoms with Gasteiger partial charge < -0.3 is 5.32 Å². The van der Waals surface area contributed by atoms with Crippen LogP contribution in [-0.4, -0.2) is 10.9 Å². The molecular formula is C13H7ClF4N2O. The van der Waals surface area contributed by atoms with Crippen LogP contribution in [0.3, 0.4) is 0 Å². The number of halogens is 5. The minimum absolute atomic E-state index is 0.132. The van der Waals surface area contributed by atoms with Crippen molar-refractivity contribution in [1.29, 1.82) is 0 Å². The first-order valence-corrected chi connectivity index (χ1v) is 5.95. The number of rotatable bonds is 2. The van der Waals surface area contributed by atoms with E-state index in [-0.39, 0.29) is 5.02 Å². The van der Waals surface area contributed by atoms with Gasteiger partial charge in [0.2, 0.25) is 5.95 Å². The van der Waals surface area contributed by atoms with E-state index < -0.39 is 34.8 Å². The Labute approximate surface area is 121 Å². The molecule has 3 nitrogen and oxygen atoms in total. The first kappa shape index (κ1) is 15.2. The lowest BCUT2D eigenvalue weighted by Crippen LogP contribution is -2.18. The number of hydrogen-bond acceptors (Lipinski definition) is 2. The van der Waals surface area contributed by atoms with E-state index >= 15 is 0 Å². The summed E-state index contributed by atoms with van der Waals surface area (Å²) in [6.45, 7) is 0. The molecule has 0 bridgehead atoms. The zero-order valence-electron chi connectivity index (χ0n) is 10.2. The molecule has 1 aromatic carbocycles. The largest absolute Gasteiger partial charge is 0.418 e. The zero-order chi connectivity index (χ0) is 15.6. The van der Waals surface area contributed by atoms with Crippen LogP contribution in [0.2, 0.25) is 5.02 Å². The average molecular weight is 319 g/mol. The van der Waals surface area contributed by atoms with Crippen molar-refractivity contribution >= 4 is 23.2 Å². The first-order valence-electron chi connectivity index (χ1n) is 5.57. The van der Waals surface area contributed by atoms with Crippen LogP contribution >= 0.6 is 11.6 Å². The van der Waals surface area contributed by atoms with Gasteiger partial charge in [0.05, 0.1) is 16.8 Å². The molecule has 0 aliphatic heterocycles. The Morgan fingerprint density at radius 3 is 2.57 bits per heavy atom. The van der Waals surface area contributed by atoms with Crippen LogP contribution in [0.5, 0.6) is 0 Å². The number of nitrogens with zero attached hydrogens (tertiary/aromatic N) is 1. The standard InChI is InChI=1S/C13H7ClF4N2O/c14-7-3-4-10(9(6-7)13(16,17)18)20-12(21)8-2-1-5-19-11(8)15/h1-6H,(H,20,21). The molecule has 2 rings (SSSR count). The first-order chi connectivity index (χ1) is 9.79. The molecule has 110 valence electrons. The summed E-state index contributed by atoms with van der Waals surface area (Å²) in [6, 6.07) is 5.27.